The van der Waals surface area contributed by atoms with Gasteiger partial charge < -0.3 is 15.0 Å². The van der Waals surface area contributed by atoms with E-state index in [-0.39, 0.29) is 11.8 Å². The molecule has 2 aromatic rings. The molecule has 1 saturated heterocycles. The summed E-state index contributed by atoms with van der Waals surface area (Å²) in [4.78, 5) is 14.6. The monoisotopic (exact) mass is 380 g/mol. The normalized spacial score (nSPS) is 14.7. The van der Waals surface area contributed by atoms with Gasteiger partial charge in [0.15, 0.2) is 0 Å². The summed E-state index contributed by atoms with van der Waals surface area (Å²) >= 11 is 0. The molecule has 0 aliphatic carbocycles. The Bertz CT molecular complexity index is 802. The Morgan fingerprint density at radius 2 is 1.75 bits per heavy atom. The molecule has 0 bridgehead atoms. The van der Waals surface area contributed by atoms with Crippen molar-refractivity contribution in [2.24, 2.45) is 5.92 Å². The highest BCUT2D eigenvalue weighted by molar-refractivity contribution is 5.78. The third kappa shape index (κ3) is 5.14. The molecule has 3 rings (SSSR count). The van der Waals surface area contributed by atoms with Crippen LogP contribution in [-0.2, 0) is 17.9 Å². The number of piperidine rings is 1. The van der Waals surface area contributed by atoms with Gasteiger partial charge >= 0.3 is 0 Å². The number of nitrogens with zero attached hydrogens (tertiary/aromatic N) is 1. The summed E-state index contributed by atoms with van der Waals surface area (Å²) < 4.78 is 6.12. The molecule has 28 heavy (non-hydrogen) atoms. The van der Waals surface area contributed by atoms with Crippen molar-refractivity contribution in [3.8, 4) is 5.75 Å². The maximum absolute atomic E-state index is 12.7. The maximum atomic E-state index is 12.7. The van der Waals surface area contributed by atoms with Gasteiger partial charge in [0.1, 0.15) is 12.4 Å². The molecule has 1 amide bonds. The number of benzene rings is 2. The number of ether oxygens (including phenoxy) is 1. The van der Waals surface area contributed by atoms with Crippen LogP contribution in [-0.4, -0.2) is 30.9 Å². The number of nitrogens with one attached hydrogen (secondary N) is 1. The number of rotatable bonds is 6. The van der Waals surface area contributed by atoms with Gasteiger partial charge in [-0.3, -0.25) is 4.79 Å². The molecule has 1 N–H and O–H groups in total. The third-order valence-corrected chi connectivity index (χ3v) is 5.47. The summed E-state index contributed by atoms with van der Waals surface area (Å²) in [6, 6.07) is 12.7. The minimum Gasteiger partial charge on any atom is -0.488 e. The molecule has 4 nitrogen and oxygen atoms in total. The minimum absolute atomic E-state index is 0.158. The van der Waals surface area contributed by atoms with Crippen LogP contribution in [0.4, 0.5) is 0 Å². The van der Waals surface area contributed by atoms with Gasteiger partial charge in [-0.1, -0.05) is 42.0 Å². The summed E-state index contributed by atoms with van der Waals surface area (Å²) in [5.41, 5.74) is 5.81. The van der Waals surface area contributed by atoms with Crippen LogP contribution in [0.25, 0.3) is 0 Å². The van der Waals surface area contributed by atoms with Gasteiger partial charge in [-0.15, -0.1) is 0 Å². The van der Waals surface area contributed by atoms with Gasteiger partial charge in [0.2, 0.25) is 5.91 Å². The van der Waals surface area contributed by atoms with Crippen molar-refractivity contribution in [2.45, 2.75) is 46.8 Å². The van der Waals surface area contributed by atoms with Gasteiger partial charge in [0.05, 0.1) is 0 Å². The maximum Gasteiger partial charge on any atom is 0.225 e. The summed E-state index contributed by atoms with van der Waals surface area (Å²) in [5.74, 6) is 1.36. The van der Waals surface area contributed by atoms with E-state index < -0.39 is 0 Å². The summed E-state index contributed by atoms with van der Waals surface area (Å²) in [5, 5.41) is 3.32. The molecule has 0 radical (unpaired) electrons. The van der Waals surface area contributed by atoms with Crippen LogP contribution >= 0.6 is 0 Å². The van der Waals surface area contributed by atoms with Crippen molar-refractivity contribution >= 4 is 5.91 Å². The second-order valence-electron chi connectivity index (χ2n) is 8.06. The number of hydrogen-bond acceptors (Lipinski definition) is 3. The third-order valence-electron chi connectivity index (χ3n) is 5.47. The number of hydrogen-bond donors (Lipinski definition) is 1. The van der Waals surface area contributed by atoms with Gasteiger partial charge in [0, 0.05) is 19.5 Å². The smallest absolute Gasteiger partial charge is 0.225 e. The first kappa shape index (κ1) is 20.4. The number of aryl methyl sites for hydroxylation is 3. The zero-order chi connectivity index (χ0) is 20.1. The molecular weight excluding hydrogens is 348 g/mol. The lowest BCUT2D eigenvalue weighted by Gasteiger charge is -2.27. The number of amides is 1. The Kier molecular flexibility index (Phi) is 6.74. The zero-order valence-electron chi connectivity index (χ0n) is 17.5. The highest BCUT2D eigenvalue weighted by Crippen LogP contribution is 2.27. The molecule has 1 aliphatic heterocycles. The van der Waals surface area contributed by atoms with Gasteiger partial charge in [-0.05, 0) is 69.0 Å². The minimum atomic E-state index is 0.158. The highest BCUT2D eigenvalue weighted by atomic mass is 16.5. The lowest BCUT2D eigenvalue weighted by atomic mass is 9.96. The predicted molar refractivity (Wildman–Crippen MR) is 113 cm³/mol. The Morgan fingerprint density at radius 3 is 2.39 bits per heavy atom. The van der Waals surface area contributed by atoms with Crippen molar-refractivity contribution in [1.29, 1.82) is 0 Å². The number of carbonyl (C=O) groups excluding carboxylic acids is 1. The predicted octanol–water partition coefficient (Wildman–Crippen LogP) is 4.15. The van der Waals surface area contributed by atoms with Crippen LogP contribution in [0.1, 0.15) is 40.7 Å². The molecule has 0 atom stereocenters. The quantitative estimate of drug-likeness (QED) is 0.819. The Balaban J connectivity index is 1.64. The molecule has 1 fully saturated rings. The highest BCUT2D eigenvalue weighted by Gasteiger charge is 2.24. The average molecular weight is 381 g/mol. The largest absolute Gasteiger partial charge is 0.488 e. The standard InChI is InChI=1S/C24H32N2O2/c1-17-6-5-7-20(12-17)16-28-23-18(2)13-21(14-19(23)3)15-26(4)24(27)22-8-10-25-11-9-22/h5-7,12-14,22,25H,8-11,15-16H2,1-4H3. The molecule has 0 unspecified atom stereocenters. The van der Waals surface area contributed by atoms with Crippen molar-refractivity contribution in [3.63, 3.8) is 0 Å². The SMILES string of the molecule is Cc1cccc(COc2c(C)cc(CN(C)C(=O)C3CCNCC3)cc2C)c1. The first-order chi connectivity index (χ1) is 13.4. The van der Waals surface area contributed by atoms with E-state index in [1.54, 1.807) is 0 Å². The molecular formula is C24H32N2O2. The summed E-state index contributed by atoms with van der Waals surface area (Å²) in [6.45, 7) is 9.34. The van der Waals surface area contributed by atoms with Crippen LogP contribution in [0.5, 0.6) is 5.75 Å². The van der Waals surface area contributed by atoms with E-state index in [1.807, 2.05) is 11.9 Å². The van der Waals surface area contributed by atoms with Crippen LogP contribution < -0.4 is 10.1 Å². The van der Waals surface area contributed by atoms with Crippen molar-refractivity contribution in [3.05, 3.63) is 64.2 Å². The molecule has 0 saturated carbocycles. The Labute approximate surface area is 168 Å². The van der Waals surface area contributed by atoms with Gasteiger partial charge in [-0.25, -0.2) is 0 Å². The van der Waals surface area contributed by atoms with E-state index >= 15 is 0 Å². The molecule has 1 heterocycles. The second kappa shape index (κ2) is 9.24. The zero-order valence-corrected chi connectivity index (χ0v) is 17.5. The number of carbonyl (C=O) groups is 1. The molecule has 150 valence electrons. The van der Waals surface area contributed by atoms with E-state index in [2.05, 4.69) is 62.5 Å². The first-order valence-electron chi connectivity index (χ1n) is 10.2. The molecule has 2 aromatic carbocycles. The van der Waals surface area contributed by atoms with Crippen LogP contribution in [0, 0.1) is 26.7 Å². The second-order valence-corrected chi connectivity index (χ2v) is 8.06. The van der Waals surface area contributed by atoms with Crippen LogP contribution in [0.2, 0.25) is 0 Å². The molecule has 4 heteroatoms. The fraction of sp³-hybridized carbons (Fsp3) is 0.458. The fourth-order valence-corrected chi connectivity index (χ4v) is 4.05. The topological polar surface area (TPSA) is 41.6 Å². The van der Waals surface area contributed by atoms with Crippen LogP contribution in [0.15, 0.2) is 36.4 Å². The summed E-state index contributed by atoms with van der Waals surface area (Å²) in [7, 11) is 1.91. The lowest BCUT2D eigenvalue weighted by Crippen LogP contribution is -2.38. The fourth-order valence-electron chi connectivity index (χ4n) is 4.05. The Morgan fingerprint density at radius 1 is 1.07 bits per heavy atom. The van der Waals surface area contributed by atoms with E-state index in [0.717, 1.165) is 48.4 Å². The van der Waals surface area contributed by atoms with Gasteiger partial charge in [-0.2, -0.15) is 0 Å². The summed E-state index contributed by atoms with van der Waals surface area (Å²) in [6.07, 6.45) is 1.87. The Hall–Kier alpha value is -2.33. The van der Waals surface area contributed by atoms with E-state index in [4.69, 9.17) is 4.74 Å². The van der Waals surface area contributed by atoms with Crippen molar-refractivity contribution in [2.75, 3.05) is 20.1 Å². The van der Waals surface area contributed by atoms with Crippen molar-refractivity contribution < 1.29 is 9.53 Å². The van der Waals surface area contributed by atoms with Crippen molar-refractivity contribution in [1.82, 2.24) is 10.2 Å². The van der Waals surface area contributed by atoms with E-state index in [9.17, 15) is 4.79 Å². The van der Waals surface area contributed by atoms with Crippen LogP contribution in [0.3, 0.4) is 0 Å². The van der Waals surface area contributed by atoms with Gasteiger partial charge in [0.25, 0.3) is 0 Å². The van der Waals surface area contributed by atoms with E-state index in [0.29, 0.717) is 13.2 Å². The lowest BCUT2D eigenvalue weighted by molar-refractivity contribution is -0.135. The average Bonchev–Trinajstić information content (AvgIpc) is 2.67. The first-order valence-corrected chi connectivity index (χ1v) is 10.2. The van der Waals surface area contributed by atoms with E-state index in [1.165, 1.54) is 11.1 Å². The molecule has 0 aromatic heterocycles. The molecule has 0 spiro atoms. The molecule has 1 aliphatic rings.